The van der Waals surface area contributed by atoms with Gasteiger partial charge in [-0.3, -0.25) is 0 Å². The molecule has 0 amide bonds. The van der Waals surface area contributed by atoms with Gasteiger partial charge in [0.2, 0.25) is 0 Å². The van der Waals surface area contributed by atoms with Crippen LogP contribution in [-0.2, 0) is 6.42 Å². The summed E-state index contributed by atoms with van der Waals surface area (Å²) < 4.78 is 14.4. The van der Waals surface area contributed by atoms with Gasteiger partial charge in [0.05, 0.1) is 0 Å². The van der Waals surface area contributed by atoms with Gasteiger partial charge in [-0.25, -0.2) is 9.37 Å². The molecule has 3 nitrogen and oxygen atoms in total. The number of nitrogens with one attached hydrogen (secondary N) is 1. The molecule has 4 heteroatoms. The lowest BCUT2D eigenvalue weighted by molar-refractivity contribution is 0.494. The van der Waals surface area contributed by atoms with Crippen LogP contribution in [0.1, 0.15) is 36.1 Å². The zero-order valence-electron chi connectivity index (χ0n) is 12.6. The van der Waals surface area contributed by atoms with Crippen molar-refractivity contribution in [3.05, 3.63) is 59.0 Å². The van der Waals surface area contributed by atoms with E-state index in [1.165, 1.54) is 0 Å². The molecule has 0 fully saturated rings. The van der Waals surface area contributed by atoms with E-state index in [2.05, 4.69) is 17.2 Å². The number of anilines is 1. The molecule has 2 aromatic rings. The number of pyridine rings is 1. The zero-order chi connectivity index (χ0) is 15.2. The Kier molecular flexibility index (Phi) is 5.28. The number of nitrogens with two attached hydrogens (primary N) is 1. The molecule has 0 spiro atoms. The highest BCUT2D eigenvalue weighted by Gasteiger charge is 2.17. The first-order chi connectivity index (χ1) is 10.1. The van der Waals surface area contributed by atoms with Gasteiger partial charge in [-0.1, -0.05) is 25.1 Å². The van der Waals surface area contributed by atoms with Crippen LogP contribution in [0.3, 0.4) is 0 Å². The van der Waals surface area contributed by atoms with Crippen LogP contribution in [0, 0.1) is 12.7 Å². The van der Waals surface area contributed by atoms with Gasteiger partial charge in [-0.2, -0.15) is 0 Å². The second-order valence-corrected chi connectivity index (χ2v) is 5.28. The predicted octanol–water partition coefficient (Wildman–Crippen LogP) is 3.39. The summed E-state index contributed by atoms with van der Waals surface area (Å²) in [6.07, 6.45) is 3.38. The van der Waals surface area contributed by atoms with E-state index in [0.717, 1.165) is 18.5 Å². The molecule has 112 valence electrons. The highest BCUT2D eigenvalue weighted by atomic mass is 19.1. The van der Waals surface area contributed by atoms with E-state index < -0.39 is 0 Å². The largest absolute Gasteiger partial charge is 0.384 e. The quantitative estimate of drug-likeness (QED) is 0.856. The molecule has 0 bridgehead atoms. The van der Waals surface area contributed by atoms with Crippen LogP contribution in [0.2, 0.25) is 0 Å². The third-order valence-electron chi connectivity index (χ3n) is 3.52. The van der Waals surface area contributed by atoms with Crippen LogP contribution >= 0.6 is 0 Å². The number of nitrogens with zero attached hydrogens (tertiary/aromatic N) is 1. The molecule has 1 unspecified atom stereocenters. The van der Waals surface area contributed by atoms with E-state index in [9.17, 15) is 4.39 Å². The van der Waals surface area contributed by atoms with Gasteiger partial charge in [0.25, 0.3) is 0 Å². The average molecular weight is 287 g/mol. The Labute approximate surface area is 125 Å². The average Bonchev–Trinajstić information content (AvgIpc) is 2.47. The van der Waals surface area contributed by atoms with Crippen molar-refractivity contribution in [3.8, 4) is 0 Å². The minimum Gasteiger partial charge on any atom is -0.384 e. The minimum absolute atomic E-state index is 0.0633. The number of hydrogen-bond donors (Lipinski definition) is 2. The SMILES string of the molecule is CCCNC(Cc1ccnc(N)c1)c1cccc(C)c1F. The summed E-state index contributed by atoms with van der Waals surface area (Å²) >= 11 is 0. The lowest BCUT2D eigenvalue weighted by atomic mass is 9.97. The van der Waals surface area contributed by atoms with Gasteiger partial charge in [-0.05, 0) is 49.6 Å². The lowest BCUT2D eigenvalue weighted by Gasteiger charge is -2.20. The fourth-order valence-corrected chi connectivity index (χ4v) is 2.41. The van der Waals surface area contributed by atoms with E-state index in [1.54, 1.807) is 19.2 Å². The van der Waals surface area contributed by atoms with Crippen molar-refractivity contribution in [3.63, 3.8) is 0 Å². The topological polar surface area (TPSA) is 50.9 Å². The van der Waals surface area contributed by atoms with E-state index >= 15 is 0 Å². The molecule has 21 heavy (non-hydrogen) atoms. The van der Waals surface area contributed by atoms with Crippen LogP contribution in [0.15, 0.2) is 36.5 Å². The van der Waals surface area contributed by atoms with Crippen molar-refractivity contribution in [2.45, 2.75) is 32.7 Å². The lowest BCUT2D eigenvalue weighted by Crippen LogP contribution is -2.25. The normalized spacial score (nSPS) is 12.3. The van der Waals surface area contributed by atoms with Gasteiger partial charge < -0.3 is 11.1 Å². The van der Waals surface area contributed by atoms with Gasteiger partial charge in [0, 0.05) is 17.8 Å². The molecule has 0 saturated heterocycles. The molecular formula is C17H22FN3. The molecule has 1 atom stereocenters. The summed E-state index contributed by atoms with van der Waals surface area (Å²) in [5.74, 6) is 0.361. The summed E-state index contributed by atoms with van der Waals surface area (Å²) in [6, 6.07) is 9.24. The standard InChI is InChI=1S/C17H22FN3/c1-3-8-20-15(10-13-7-9-21-16(19)11-13)14-6-4-5-12(2)17(14)18/h4-7,9,11,15,20H,3,8,10H2,1-2H3,(H2,19,21). The van der Waals surface area contributed by atoms with Crippen LogP contribution in [0.25, 0.3) is 0 Å². The Morgan fingerprint density at radius 3 is 2.86 bits per heavy atom. The number of halogens is 1. The van der Waals surface area contributed by atoms with Crippen molar-refractivity contribution in [1.29, 1.82) is 0 Å². The minimum atomic E-state index is -0.131. The maximum atomic E-state index is 14.4. The van der Waals surface area contributed by atoms with Crippen LogP contribution in [0.4, 0.5) is 10.2 Å². The van der Waals surface area contributed by atoms with Gasteiger partial charge in [0.1, 0.15) is 11.6 Å². The fraction of sp³-hybridized carbons (Fsp3) is 0.353. The van der Waals surface area contributed by atoms with Crippen molar-refractivity contribution >= 4 is 5.82 Å². The smallest absolute Gasteiger partial charge is 0.130 e. The van der Waals surface area contributed by atoms with E-state index in [4.69, 9.17) is 5.73 Å². The molecule has 0 saturated carbocycles. The number of hydrogen-bond acceptors (Lipinski definition) is 3. The Hall–Kier alpha value is -1.94. The molecule has 0 aliphatic heterocycles. The summed E-state index contributed by atoms with van der Waals surface area (Å²) in [5.41, 5.74) is 8.15. The van der Waals surface area contributed by atoms with Crippen molar-refractivity contribution in [2.24, 2.45) is 0 Å². The molecule has 1 aromatic carbocycles. The second-order valence-electron chi connectivity index (χ2n) is 5.28. The molecule has 2 rings (SSSR count). The van der Waals surface area contributed by atoms with Crippen LogP contribution in [-0.4, -0.2) is 11.5 Å². The third-order valence-corrected chi connectivity index (χ3v) is 3.52. The van der Waals surface area contributed by atoms with Crippen molar-refractivity contribution in [1.82, 2.24) is 10.3 Å². The molecule has 0 aliphatic carbocycles. The third kappa shape index (κ3) is 4.02. The maximum absolute atomic E-state index is 14.4. The Morgan fingerprint density at radius 2 is 2.14 bits per heavy atom. The molecule has 1 aromatic heterocycles. The highest BCUT2D eigenvalue weighted by molar-refractivity contribution is 5.34. The fourth-order valence-electron chi connectivity index (χ4n) is 2.41. The number of aryl methyl sites for hydroxylation is 1. The molecule has 0 radical (unpaired) electrons. The molecule has 3 N–H and O–H groups in total. The summed E-state index contributed by atoms with van der Waals surface area (Å²) in [7, 11) is 0. The second kappa shape index (κ2) is 7.18. The predicted molar refractivity (Wildman–Crippen MR) is 84.5 cm³/mol. The van der Waals surface area contributed by atoms with Gasteiger partial charge in [-0.15, -0.1) is 0 Å². The first-order valence-electron chi connectivity index (χ1n) is 7.30. The van der Waals surface area contributed by atoms with E-state index in [0.29, 0.717) is 23.4 Å². The number of nitrogen functional groups attached to an aromatic ring is 1. The Morgan fingerprint density at radius 1 is 1.33 bits per heavy atom. The molecule has 0 aliphatic rings. The molecular weight excluding hydrogens is 265 g/mol. The molecule has 1 heterocycles. The van der Waals surface area contributed by atoms with E-state index in [1.807, 2.05) is 24.3 Å². The summed E-state index contributed by atoms with van der Waals surface area (Å²) in [6.45, 7) is 4.74. The maximum Gasteiger partial charge on any atom is 0.130 e. The van der Waals surface area contributed by atoms with Gasteiger partial charge >= 0.3 is 0 Å². The van der Waals surface area contributed by atoms with Crippen LogP contribution in [0.5, 0.6) is 0 Å². The first-order valence-corrected chi connectivity index (χ1v) is 7.30. The monoisotopic (exact) mass is 287 g/mol. The van der Waals surface area contributed by atoms with Crippen LogP contribution < -0.4 is 11.1 Å². The number of benzene rings is 1. The number of rotatable bonds is 6. The van der Waals surface area contributed by atoms with Crippen molar-refractivity contribution < 1.29 is 4.39 Å². The zero-order valence-corrected chi connectivity index (χ0v) is 12.6. The number of aromatic nitrogens is 1. The summed E-state index contributed by atoms with van der Waals surface area (Å²) in [5, 5.41) is 3.42. The Bertz CT molecular complexity index is 598. The van der Waals surface area contributed by atoms with Gasteiger partial charge in [0.15, 0.2) is 0 Å². The first kappa shape index (κ1) is 15.4. The highest BCUT2D eigenvalue weighted by Crippen LogP contribution is 2.23. The van der Waals surface area contributed by atoms with E-state index in [-0.39, 0.29) is 11.9 Å². The Balaban J connectivity index is 2.27. The van der Waals surface area contributed by atoms with Crippen molar-refractivity contribution in [2.75, 3.05) is 12.3 Å². The summed E-state index contributed by atoms with van der Waals surface area (Å²) in [4.78, 5) is 4.00.